The lowest BCUT2D eigenvalue weighted by Gasteiger charge is -2.45. The standard InChI is InChI=1S/C27H30FN5O3S/c1-32-13-5-6-16(15-32)30-25(34)24-23-22-21(11-12-29-26(22)37-24)33(27(35)31-23)20-10-9-18(14-19(20)28)36-17-7-3-2-4-8-17/h2-4,7-10,14,16,21-22,26,29H,5-6,11-13,15H2,1H3,(H,30,34)(H,31,35)/t16-,21?,22?,26?/m1/s1. The summed E-state index contributed by atoms with van der Waals surface area (Å²) >= 11 is 1.46. The molecule has 2 aromatic carbocycles. The molecule has 0 saturated carbocycles. The maximum absolute atomic E-state index is 15.4. The summed E-state index contributed by atoms with van der Waals surface area (Å²) in [6, 6.07) is 13.1. The average Bonchev–Trinajstić information content (AvgIpc) is 3.25. The largest absolute Gasteiger partial charge is 0.457 e. The molecular weight excluding hydrogens is 493 g/mol. The zero-order chi connectivity index (χ0) is 25.5. The van der Waals surface area contributed by atoms with Gasteiger partial charge in [-0.15, -0.1) is 0 Å². The number of urea groups is 1. The summed E-state index contributed by atoms with van der Waals surface area (Å²) in [6.07, 6.45) is 2.64. The third-order valence-electron chi connectivity index (χ3n) is 7.46. The lowest BCUT2D eigenvalue weighted by Crippen LogP contribution is -2.62. The number of thioether (sulfide) groups is 1. The van der Waals surface area contributed by atoms with Crippen LogP contribution < -0.4 is 25.6 Å². The van der Waals surface area contributed by atoms with Gasteiger partial charge in [-0.05, 0) is 63.7 Å². The molecule has 194 valence electrons. The molecule has 37 heavy (non-hydrogen) atoms. The van der Waals surface area contributed by atoms with Crippen molar-refractivity contribution < 1.29 is 18.7 Å². The van der Waals surface area contributed by atoms with E-state index in [0.29, 0.717) is 35.1 Å². The molecule has 4 aliphatic heterocycles. The number of amides is 3. The van der Waals surface area contributed by atoms with Crippen molar-refractivity contribution in [2.75, 3.05) is 31.6 Å². The number of carbonyl (C=O) groups excluding carboxylic acids is 2. The Labute approximate surface area is 219 Å². The van der Waals surface area contributed by atoms with Crippen LogP contribution in [0.25, 0.3) is 0 Å². The van der Waals surface area contributed by atoms with Crippen LogP contribution in [-0.4, -0.2) is 61.0 Å². The quantitative estimate of drug-likeness (QED) is 0.555. The fourth-order valence-corrected chi connectivity index (χ4v) is 7.21. The molecule has 0 aliphatic carbocycles. The van der Waals surface area contributed by atoms with Crippen molar-refractivity contribution in [2.45, 2.75) is 36.7 Å². The third kappa shape index (κ3) is 4.69. The Bertz CT molecular complexity index is 1240. The van der Waals surface area contributed by atoms with Gasteiger partial charge in [-0.2, -0.15) is 0 Å². The molecule has 4 aliphatic rings. The highest BCUT2D eigenvalue weighted by molar-refractivity contribution is 8.04. The van der Waals surface area contributed by atoms with E-state index in [1.165, 1.54) is 22.7 Å². The predicted octanol–water partition coefficient (Wildman–Crippen LogP) is 3.62. The van der Waals surface area contributed by atoms with Gasteiger partial charge in [-0.3, -0.25) is 9.69 Å². The van der Waals surface area contributed by atoms with Crippen molar-refractivity contribution in [1.29, 1.82) is 0 Å². The average molecular weight is 524 g/mol. The van der Waals surface area contributed by atoms with Crippen LogP contribution in [0.3, 0.4) is 0 Å². The molecule has 6 rings (SSSR count). The van der Waals surface area contributed by atoms with Gasteiger partial charge < -0.3 is 25.6 Å². The number of ether oxygens (including phenoxy) is 1. The number of carbonyl (C=O) groups is 2. The fraction of sp³-hybridized carbons (Fsp3) is 0.407. The first-order valence-electron chi connectivity index (χ1n) is 12.7. The van der Waals surface area contributed by atoms with Crippen LogP contribution >= 0.6 is 11.8 Å². The SMILES string of the molecule is CN1CCC[C@@H](NC(=O)C2=C3NC(=O)N(c4ccc(Oc5ccccc5)cc4F)C4CCNC(S2)C34)C1. The van der Waals surface area contributed by atoms with Crippen LogP contribution in [0.5, 0.6) is 11.5 Å². The number of benzene rings is 2. The first kappa shape index (κ1) is 24.3. The molecule has 8 nitrogen and oxygen atoms in total. The molecule has 4 atom stereocenters. The van der Waals surface area contributed by atoms with E-state index >= 15 is 4.39 Å². The van der Waals surface area contributed by atoms with E-state index in [1.807, 2.05) is 18.2 Å². The van der Waals surface area contributed by atoms with Crippen LogP contribution in [-0.2, 0) is 4.79 Å². The molecule has 10 heteroatoms. The topological polar surface area (TPSA) is 85.9 Å². The molecule has 3 saturated heterocycles. The molecule has 3 unspecified atom stereocenters. The second-order valence-electron chi connectivity index (χ2n) is 10.0. The van der Waals surface area contributed by atoms with E-state index in [9.17, 15) is 9.59 Å². The number of hydrogen-bond donors (Lipinski definition) is 3. The van der Waals surface area contributed by atoms with Gasteiger partial charge in [0.25, 0.3) is 5.91 Å². The first-order valence-corrected chi connectivity index (χ1v) is 13.6. The van der Waals surface area contributed by atoms with Crippen molar-refractivity contribution in [1.82, 2.24) is 20.9 Å². The number of para-hydroxylation sites is 1. The second-order valence-corrected chi connectivity index (χ2v) is 11.2. The summed E-state index contributed by atoms with van der Waals surface area (Å²) in [5.74, 6) is 0.159. The predicted molar refractivity (Wildman–Crippen MR) is 141 cm³/mol. The molecule has 0 radical (unpaired) electrons. The molecule has 3 N–H and O–H groups in total. The summed E-state index contributed by atoms with van der Waals surface area (Å²) in [5, 5.41) is 9.55. The van der Waals surface area contributed by atoms with E-state index in [1.54, 1.807) is 24.3 Å². The van der Waals surface area contributed by atoms with E-state index in [-0.39, 0.29) is 35.0 Å². The summed E-state index contributed by atoms with van der Waals surface area (Å²) in [7, 11) is 2.06. The number of likely N-dealkylation sites (N-methyl/N-ethyl adjacent to an activating group) is 1. The second kappa shape index (κ2) is 10.00. The van der Waals surface area contributed by atoms with Crippen LogP contribution in [0.2, 0.25) is 0 Å². The highest BCUT2D eigenvalue weighted by Gasteiger charge is 2.52. The molecule has 0 bridgehead atoms. The van der Waals surface area contributed by atoms with Crippen molar-refractivity contribution in [3.05, 3.63) is 65.0 Å². The van der Waals surface area contributed by atoms with Gasteiger partial charge in [0.2, 0.25) is 0 Å². The smallest absolute Gasteiger partial charge is 0.326 e. The zero-order valence-corrected chi connectivity index (χ0v) is 21.4. The number of rotatable bonds is 5. The first-order chi connectivity index (χ1) is 18.0. The maximum atomic E-state index is 15.4. The molecule has 2 aromatic rings. The number of anilines is 1. The van der Waals surface area contributed by atoms with Crippen molar-refractivity contribution in [2.24, 2.45) is 5.92 Å². The molecular formula is C27H30FN5O3S. The molecule has 0 aromatic heterocycles. The minimum absolute atomic E-state index is 0.0598. The summed E-state index contributed by atoms with van der Waals surface area (Å²) in [6.45, 7) is 2.53. The van der Waals surface area contributed by atoms with Crippen LogP contribution in [0.4, 0.5) is 14.9 Å². The van der Waals surface area contributed by atoms with Gasteiger partial charge in [-0.1, -0.05) is 30.0 Å². The van der Waals surface area contributed by atoms with Crippen molar-refractivity contribution in [3.63, 3.8) is 0 Å². The lowest BCUT2D eigenvalue weighted by molar-refractivity contribution is -0.117. The van der Waals surface area contributed by atoms with E-state index in [0.717, 1.165) is 25.9 Å². The van der Waals surface area contributed by atoms with Crippen LogP contribution in [0.1, 0.15) is 19.3 Å². The Hall–Kier alpha value is -3.08. The lowest BCUT2D eigenvalue weighted by atomic mass is 9.86. The molecule has 3 amide bonds. The van der Waals surface area contributed by atoms with Crippen LogP contribution in [0, 0.1) is 11.7 Å². The highest BCUT2D eigenvalue weighted by Crippen LogP contribution is 2.48. The molecule has 0 spiro atoms. The number of halogens is 1. The van der Waals surface area contributed by atoms with Gasteiger partial charge in [0, 0.05) is 30.3 Å². The summed E-state index contributed by atoms with van der Waals surface area (Å²) < 4.78 is 21.1. The minimum atomic E-state index is -0.531. The Kier molecular flexibility index (Phi) is 6.56. The molecule has 3 fully saturated rings. The Morgan fingerprint density at radius 1 is 1.16 bits per heavy atom. The third-order valence-corrected chi connectivity index (χ3v) is 8.82. The van der Waals surface area contributed by atoms with E-state index in [4.69, 9.17) is 4.74 Å². The Morgan fingerprint density at radius 3 is 2.78 bits per heavy atom. The minimum Gasteiger partial charge on any atom is -0.457 e. The number of nitrogens with one attached hydrogen (secondary N) is 3. The normalized spacial score (nSPS) is 27.5. The fourth-order valence-electron chi connectivity index (χ4n) is 5.81. The monoisotopic (exact) mass is 523 g/mol. The van der Waals surface area contributed by atoms with E-state index < -0.39 is 11.8 Å². The number of piperidine rings is 2. The van der Waals surface area contributed by atoms with Gasteiger partial charge in [0.1, 0.15) is 11.5 Å². The van der Waals surface area contributed by atoms with E-state index in [2.05, 4.69) is 27.9 Å². The van der Waals surface area contributed by atoms with Gasteiger partial charge >= 0.3 is 6.03 Å². The van der Waals surface area contributed by atoms with Gasteiger partial charge in [0.05, 0.1) is 22.0 Å². The Morgan fingerprint density at radius 2 is 2.00 bits per heavy atom. The number of hydrogen-bond acceptors (Lipinski definition) is 6. The summed E-state index contributed by atoms with van der Waals surface area (Å²) in [4.78, 5) is 31.0. The Balaban J connectivity index is 1.24. The van der Waals surface area contributed by atoms with Crippen LogP contribution in [0.15, 0.2) is 59.1 Å². The maximum Gasteiger partial charge on any atom is 0.326 e. The van der Waals surface area contributed by atoms with Crippen molar-refractivity contribution in [3.8, 4) is 11.5 Å². The van der Waals surface area contributed by atoms with Gasteiger partial charge in [0.15, 0.2) is 5.82 Å². The number of likely N-dealkylation sites (tertiary alicyclic amines) is 1. The van der Waals surface area contributed by atoms with Gasteiger partial charge in [-0.25, -0.2) is 9.18 Å². The zero-order valence-electron chi connectivity index (χ0n) is 20.6. The highest BCUT2D eigenvalue weighted by atomic mass is 32.2. The van der Waals surface area contributed by atoms with Crippen molar-refractivity contribution >= 4 is 29.4 Å². The molecule has 4 heterocycles. The summed E-state index contributed by atoms with van der Waals surface area (Å²) in [5.41, 5.74) is 0.857. The number of nitrogens with zero attached hydrogens (tertiary/aromatic N) is 2.